The Kier molecular flexibility index (Phi) is 6.03. The monoisotopic (exact) mass is 448 g/mol. The lowest BCUT2D eigenvalue weighted by Gasteiger charge is -2.14. The highest BCUT2D eigenvalue weighted by molar-refractivity contribution is 6.05. The van der Waals surface area contributed by atoms with Gasteiger partial charge in [-0.1, -0.05) is 17.3 Å². The van der Waals surface area contributed by atoms with E-state index in [4.69, 9.17) is 14.0 Å². The molecule has 0 saturated carbocycles. The molecule has 9 nitrogen and oxygen atoms in total. The highest BCUT2D eigenvalue weighted by atomic mass is 16.5. The summed E-state index contributed by atoms with van der Waals surface area (Å²) < 4.78 is 18.0. The van der Waals surface area contributed by atoms with Crippen LogP contribution in [0.25, 0.3) is 5.69 Å². The van der Waals surface area contributed by atoms with Crippen molar-refractivity contribution in [3.05, 3.63) is 87.4 Å². The molecule has 0 radical (unpaired) electrons. The fourth-order valence-electron chi connectivity index (χ4n) is 3.51. The van der Waals surface area contributed by atoms with Crippen molar-refractivity contribution in [2.24, 2.45) is 0 Å². The number of ether oxygens (including phenoxy) is 2. The molecule has 0 spiro atoms. The van der Waals surface area contributed by atoms with Gasteiger partial charge in [-0.25, -0.2) is 4.79 Å². The molecule has 0 bridgehead atoms. The topological polar surface area (TPSA) is 111 Å². The molecule has 2 heterocycles. The lowest BCUT2D eigenvalue weighted by atomic mass is 10.1. The average Bonchev–Trinajstić information content (AvgIpc) is 3.32. The number of methoxy groups -OCH3 is 1. The number of aromatic amines is 1. The second-order valence-electron chi connectivity index (χ2n) is 7.50. The first-order valence-electron chi connectivity index (χ1n) is 10.3. The molecule has 2 aromatic carbocycles. The number of amides is 1. The van der Waals surface area contributed by atoms with E-state index in [1.54, 1.807) is 48.7 Å². The number of nitrogens with zero attached hydrogens (tertiary/aromatic N) is 2. The van der Waals surface area contributed by atoms with E-state index < -0.39 is 0 Å². The van der Waals surface area contributed by atoms with E-state index in [1.807, 2.05) is 20.8 Å². The first kappa shape index (κ1) is 21.9. The average molecular weight is 448 g/mol. The van der Waals surface area contributed by atoms with Crippen molar-refractivity contribution in [2.75, 3.05) is 12.4 Å². The summed E-state index contributed by atoms with van der Waals surface area (Å²) in [5.74, 6) is 1.25. The lowest BCUT2D eigenvalue weighted by molar-refractivity contribution is 0.102. The van der Waals surface area contributed by atoms with Crippen LogP contribution in [0.3, 0.4) is 0 Å². The number of anilines is 1. The Labute approximate surface area is 189 Å². The van der Waals surface area contributed by atoms with Crippen LogP contribution in [0.1, 0.15) is 33.1 Å². The number of carbonyl (C=O) groups is 1. The van der Waals surface area contributed by atoms with Gasteiger partial charge in [-0.3, -0.25) is 9.36 Å². The second kappa shape index (κ2) is 9.07. The Balaban J connectivity index is 1.56. The van der Waals surface area contributed by atoms with Crippen LogP contribution >= 0.6 is 0 Å². The Bertz CT molecular complexity index is 1350. The number of hydrogen-bond acceptors (Lipinski definition) is 6. The van der Waals surface area contributed by atoms with Crippen LogP contribution in [0.5, 0.6) is 11.5 Å². The van der Waals surface area contributed by atoms with Gasteiger partial charge < -0.3 is 24.3 Å². The molecule has 0 aliphatic rings. The quantitative estimate of drug-likeness (QED) is 0.443. The van der Waals surface area contributed by atoms with Gasteiger partial charge in [-0.05, 0) is 51.1 Å². The zero-order chi connectivity index (χ0) is 23.5. The van der Waals surface area contributed by atoms with Gasteiger partial charge in [-0.2, -0.15) is 0 Å². The molecule has 170 valence electrons. The smallest absolute Gasteiger partial charge is 0.330 e. The number of aryl methyl sites for hydroxylation is 3. The van der Waals surface area contributed by atoms with E-state index in [0.29, 0.717) is 34.2 Å². The number of hydrogen-bond donors (Lipinski definition) is 2. The predicted molar refractivity (Wildman–Crippen MR) is 122 cm³/mol. The van der Waals surface area contributed by atoms with E-state index in [1.165, 1.54) is 11.7 Å². The molecule has 0 atom stereocenters. The van der Waals surface area contributed by atoms with Crippen molar-refractivity contribution in [1.29, 1.82) is 0 Å². The maximum Gasteiger partial charge on any atom is 0.330 e. The molecular weight excluding hydrogens is 424 g/mol. The van der Waals surface area contributed by atoms with Crippen molar-refractivity contribution in [1.82, 2.24) is 14.7 Å². The SMILES string of the molecule is COc1cc(C(=O)Nc2ccccc2-n2c(C)c[nH]c2=O)ccc1OCc1c(C)noc1C. The number of benzene rings is 2. The summed E-state index contributed by atoms with van der Waals surface area (Å²) in [7, 11) is 1.51. The molecule has 2 aromatic heterocycles. The van der Waals surface area contributed by atoms with Crippen LogP contribution in [-0.2, 0) is 6.61 Å². The first-order chi connectivity index (χ1) is 15.9. The fraction of sp³-hybridized carbons (Fsp3) is 0.208. The van der Waals surface area contributed by atoms with Crippen LogP contribution in [0, 0.1) is 20.8 Å². The minimum atomic E-state index is -0.348. The number of para-hydroxylation sites is 2. The standard InChI is InChI=1S/C24H24N4O5/c1-14-12-25-24(30)28(14)20-8-6-5-7-19(20)26-23(29)17-9-10-21(22(11-17)31-4)32-13-18-15(2)27-33-16(18)3/h5-12H,13H2,1-4H3,(H,25,30)(H,26,29). The minimum absolute atomic E-state index is 0.265. The molecule has 0 fully saturated rings. The number of imidazole rings is 1. The molecule has 0 aliphatic carbocycles. The van der Waals surface area contributed by atoms with E-state index in [-0.39, 0.29) is 18.2 Å². The van der Waals surface area contributed by atoms with E-state index >= 15 is 0 Å². The Morgan fingerprint density at radius 1 is 1.15 bits per heavy atom. The molecule has 33 heavy (non-hydrogen) atoms. The van der Waals surface area contributed by atoms with Gasteiger partial charge in [-0.15, -0.1) is 0 Å². The van der Waals surface area contributed by atoms with Crippen molar-refractivity contribution in [3.8, 4) is 17.2 Å². The highest BCUT2D eigenvalue weighted by Gasteiger charge is 2.16. The summed E-state index contributed by atoms with van der Waals surface area (Å²) in [4.78, 5) is 27.9. The van der Waals surface area contributed by atoms with Crippen molar-refractivity contribution in [3.63, 3.8) is 0 Å². The van der Waals surface area contributed by atoms with Crippen LogP contribution in [0.4, 0.5) is 5.69 Å². The molecule has 0 unspecified atom stereocenters. The number of aromatic nitrogens is 3. The van der Waals surface area contributed by atoms with Gasteiger partial charge >= 0.3 is 5.69 Å². The zero-order valence-electron chi connectivity index (χ0n) is 18.8. The molecule has 4 aromatic rings. The molecule has 2 N–H and O–H groups in total. The normalized spacial score (nSPS) is 10.8. The highest BCUT2D eigenvalue weighted by Crippen LogP contribution is 2.30. The number of nitrogens with one attached hydrogen (secondary N) is 2. The van der Waals surface area contributed by atoms with Crippen LogP contribution < -0.4 is 20.5 Å². The van der Waals surface area contributed by atoms with Gasteiger partial charge in [0.1, 0.15) is 12.4 Å². The van der Waals surface area contributed by atoms with Crippen LogP contribution in [0.2, 0.25) is 0 Å². The third kappa shape index (κ3) is 4.38. The number of H-pyrrole nitrogens is 1. The molecule has 0 saturated heterocycles. The van der Waals surface area contributed by atoms with Gasteiger partial charge in [0, 0.05) is 17.5 Å². The summed E-state index contributed by atoms with van der Waals surface area (Å²) in [6.45, 7) is 5.74. The summed E-state index contributed by atoms with van der Waals surface area (Å²) in [5.41, 5.74) is 3.53. The first-order valence-corrected chi connectivity index (χ1v) is 10.3. The molecule has 4 rings (SSSR count). The molecule has 1 amide bonds. The predicted octanol–water partition coefficient (Wildman–Crippen LogP) is 3.92. The maximum atomic E-state index is 13.0. The molecule has 0 aliphatic heterocycles. The zero-order valence-corrected chi connectivity index (χ0v) is 18.8. The number of carbonyl (C=O) groups excluding carboxylic acids is 1. The number of rotatable bonds is 7. The third-order valence-corrected chi connectivity index (χ3v) is 5.33. The van der Waals surface area contributed by atoms with Gasteiger partial charge in [0.25, 0.3) is 5.91 Å². The Morgan fingerprint density at radius 2 is 1.94 bits per heavy atom. The van der Waals surface area contributed by atoms with Gasteiger partial charge in [0.05, 0.1) is 29.7 Å². The second-order valence-corrected chi connectivity index (χ2v) is 7.50. The summed E-state index contributed by atoms with van der Waals surface area (Å²) in [6.07, 6.45) is 1.62. The lowest BCUT2D eigenvalue weighted by Crippen LogP contribution is -2.19. The third-order valence-electron chi connectivity index (χ3n) is 5.33. The summed E-state index contributed by atoms with van der Waals surface area (Å²) >= 11 is 0. The van der Waals surface area contributed by atoms with E-state index in [2.05, 4.69) is 15.5 Å². The maximum absolute atomic E-state index is 13.0. The van der Waals surface area contributed by atoms with Crippen molar-refractivity contribution < 1.29 is 18.8 Å². The Hall–Kier alpha value is -4.27. The summed E-state index contributed by atoms with van der Waals surface area (Å²) in [6, 6.07) is 12.0. The van der Waals surface area contributed by atoms with Crippen LogP contribution in [-0.4, -0.2) is 27.7 Å². The fourth-order valence-corrected chi connectivity index (χ4v) is 3.51. The van der Waals surface area contributed by atoms with Crippen LogP contribution in [0.15, 0.2) is 58.0 Å². The molecular formula is C24H24N4O5. The Morgan fingerprint density at radius 3 is 2.61 bits per heavy atom. The summed E-state index contributed by atoms with van der Waals surface area (Å²) in [5, 5.41) is 6.80. The molecule has 9 heteroatoms. The minimum Gasteiger partial charge on any atom is -0.493 e. The largest absolute Gasteiger partial charge is 0.493 e. The van der Waals surface area contributed by atoms with Gasteiger partial charge in [0.2, 0.25) is 0 Å². The van der Waals surface area contributed by atoms with Gasteiger partial charge in [0.15, 0.2) is 11.5 Å². The van der Waals surface area contributed by atoms with Crippen molar-refractivity contribution in [2.45, 2.75) is 27.4 Å². The van der Waals surface area contributed by atoms with E-state index in [9.17, 15) is 9.59 Å². The van der Waals surface area contributed by atoms with Crippen molar-refractivity contribution >= 4 is 11.6 Å². The van der Waals surface area contributed by atoms with E-state index in [0.717, 1.165) is 17.0 Å².